The van der Waals surface area contributed by atoms with Crippen LogP contribution in [0.2, 0.25) is 0 Å². The van der Waals surface area contributed by atoms with Gasteiger partial charge in [0.2, 0.25) is 0 Å². The minimum Gasteiger partial charge on any atom is -0.327 e. The van der Waals surface area contributed by atoms with Crippen LogP contribution in [0.25, 0.3) is 86.7 Å². The molecule has 0 aliphatic rings. The highest BCUT2D eigenvalue weighted by Gasteiger charge is 2.24. The quantitative estimate of drug-likeness (QED) is 0.136. The topological polar surface area (TPSA) is 9.86 Å². The fourth-order valence-corrected chi connectivity index (χ4v) is 9.19. The van der Waals surface area contributed by atoms with Crippen LogP contribution in [-0.2, 0) is 13.1 Å². The zero-order valence-corrected chi connectivity index (χ0v) is 30.2. The highest BCUT2D eigenvalue weighted by molar-refractivity contribution is 7.25. The molecule has 9 aromatic rings. The number of nitrogens with zero attached hydrogens (tertiary/aromatic N) is 2. The van der Waals surface area contributed by atoms with Crippen molar-refractivity contribution in [2.75, 3.05) is 0 Å². The first kappa shape index (κ1) is 31.6. The van der Waals surface area contributed by atoms with Crippen molar-refractivity contribution in [2.24, 2.45) is 0 Å². The molecule has 3 heteroatoms. The summed E-state index contributed by atoms with van der Waals surface area (Å²) in [5.74, 6) is 0. The second-order valence-electron chi connectivity index (χ2n) is 13.8. The van der Waals surface area contributed by atoms with E-state index in [1.54, 1.807) is 0 Å². The molecule has 0 amide bonds. The minimum atomic E-state index is 1.02. The predicted octanol–water partition coefficient (Wildman–Crippen LogP) is 14.2. The van der Waals surface area contributed by atoms with Crippen LogP contribution in [0.4, 0.5) is 0 Å². The standard InChI is InChI=1S/C48H42N2S/c1-3-5-27-49-43-31-39(37-21-13-19-35(29-37)33-15-9-7-10-16-33)23-25-41(43)45-46-42-26-24-40(32-44(42)51-48(46)50(47(45)49)28-6-4-2)38-22-14-20-36(30-38)34-17-11-8-12-18-34/h7-26,29-32H,3-6,27-28H2,1-2H3. The molecule has 0 bridgehead atoms. The van der Waals surface area contributed by atoms with Gasteiger partial charge in [-0.15, -0.1) is 11.3 Å². The zero-order chi connectivity index (χ0) is 34.3. The number of benzene rings is 6. The molecule has 2 nitrogen and oxygen atoms in total. The highest BCUT2D eigenvalue weighted by Crippen LogP contribution is 2.47. The van der Waals surface area contributed by atoms with E-state index in [0.29, 0.717) is 0 Å². The number of thiophene rings is 1. The fourth-order valence-electron chi connectivity index (χ4n) is 7.92. The molecule has 6 aromatic carbocycles. The van der Waals surface area contributed by atoms with Gasteiger partial charge in [0.1, 0.15) is 10.5 Å². The molecular weight excluding hydrogens is 637 g/mol. The van der Waals surface area contributed by atoms with Crippen LogP contribution in [0, 0.1) is 0 Å². The van der Waals surface area contributed by atoms with Gasteiger partial charge in [-0.05, 0) is 81.6 Å². The van der Waals surface area contributed by atoms with Crippen molar-refractivity contribution in [3.63, 3.8) is 0 Å². The van der Waals surface area contributed by atoms with Gasteiger partial charge in [0.25, 0.3) is 0 Å². The SMILES string of the molecule is CCCCn1c2cc(-c3cccc(-c4ccccc4)c3)ccc2c2c3c4ccc(-c5cccc(-c6ccccc6)c5)cc4sc3n(CCCC)c21. The maximum absolute atomic E-state index is 2.67. The van der Waals surface area contributed by atoms with E-state index >= 15 is 0 Å². The first-order valence-electron chi connectivity index (χ1n) is 18.5. The summed E-state index contributed by atoms with van der Waals surface area (Å²) in [4.78, 5) is 1.41. The summed E-state index contributed by atoms with van der Waals surface area (Å²) < 4.78 is 6.68. The normalized spacial score (nSPS) is 11.8. The van der Waals surface area contributed by atoms with Gasteiger partial charge >= 0.3 is 0 Å². The summed E-state index contributed by atoms with van der Waals surface area (Å²) in [7, 11) is 0. The Bertz CT molecular complexity index is 2650. The van der Waals surface area contributed by atoms with Crippen LogP contribution in [0.15, 0.2) is 146 Å². The Balaban J connectivity index is 1.23. The molecule has 0 aliphatic carbocycles. The average molecular weight is 679 g/mol. The zero-order valence-electron chi connectivity index (χ0n) is 29.4. The molecule has 0 saturated carbocycles. The molecule has 0 unspecified atom stereocenters. The lowest BCUT2D eigenvalue weighted by Crippen LogP contribution is -2.04. The molecule has 0 atom stereocenters. The third-order valence-electron chi connectivity index (χ3n) is 10.5. The Hall–Kier alpha value is -5.38. The maximum atomic E-state index is 2.67. The monoisotopic (exact) mass is 678 g/mol. The molecule has 0 saturated heterocycles. The van der Waals surface area contributed by atoms with Crippen molar-refractivity contribution < 1.29 is 0 Å². The minimum absolute atomic E-state index is 1.02. The molecule has 3 heterocycles. The molecule has 0 fully saturated rings. The molecule has 51 heavy (non-hydrogen) atoms. The van der Waals surface area contributed by atoms with Crippen LogP contribution in [0.1, 0.15) is 39.5 Å². The summed E-state index contributed by atoms with van der Waals surface area (Å²) in [5, 5.41) is 5.57. The Morgan fingerprint density at radius 1 is 0.431 bits per heavy atom. The lowest BCUT2D eigenvalue weighted by molar-refractivity contribution is 0.623. The summed E-state index contributed by atoms with van der Waals surface area (Å²) in [6.45, 7) is 6.66. The number of hydrogen-bond donors (Lipinski definition) is 0. The van der Waals surface area contributed by atoms with Crippen molar-refractivity contribution in [1.82, 2.24) is 9.13 Å². The second-order valence-corrected chi connectivity index (χ2v) is 14.9. The highest BCUT2D eigenvalue weighted by atomic mass is 32.1. The molecule has 0 spiro atoms. The summed E-state index contributed by atoms with van der Waals surface area (Å²) in [5.41, 5.74) is 12.8. The van der Waals surface area contributed by atoms with E-state index in [0.717, 1.165) is 25.9 Å². The van der Waals surface area contributed by atoms with Crippen molar-refractivity contribution in [3.05, 3.63) is 146 Å². The number of hydrogen-bond acceptors (Lipinski definition) is 1. The number of unbranched alkanes of at least 4 members (excludes halogenated alkanes) is 2. The number of fused-ring (bicyclic) bond motifs is 7. The van der Waals surface area contributed by atoms with Crippen LogP contribution in [-0.4, -0.2) is 9.13 Å². The van der Waals surface area contributed by atoms with E-state index in [2.05, 4.69) is 169 Å². The van der Waals surface area contributed by atoms with Gasteiger partial charge in [-0.1, -0.05) is 148 Å². The van der Waals surface area contributed by atoms with E-state index < -0.39 is 0 Å². The number of aryl methyl sites for hydroxylation is 2. The smallest absolute Gasteiger partial charge is 0.122 e. The third-order valence-corrected chi connectivity index (χ3v) is 11.7. The van der Waals surface area contributed by atoms with Gasteiger partial charge in [-0.2, -0.15) is 0 Å². The van der Waals surface area contributed by atoms with Crippen LogP contribution in [0.3, 0.4) is 0 Å². The Morgan fingerprint density at radius 3 is 1.51 bits per heavy atom. The van der Waals surface area contributed by atoms with Gasteiger partial charge in [0, 0.05) is 39.3 Å². The summed E-state index contributed by atoms with van der Waals surface area (Å²) in [6.07, 6.45) is 4.66. The molecule has 0 radical (unpaired) electrons. The average Bonchev–Trinajstić information content (AvgIpc) is 3.82. The molecule has 3 aromatic heterocycles. The first-order valence-corrected chi connectivity index (χ1v) is 19.4. The largest absolute Gasteiger partial charge is 0.327 e. The van der Waals surface area contributed by atoms with E-state index in [-0.39, 0.29) is 0 Å². The van der Waals surface area contributed by atoms with E-state index in [9.17, 15) is 0 Å². The second kappa shape index (κ2) is 13.4. The lowest BCUT2D eigenvalue weighted by atomic mass is 9.98. The van der Waals surface area contributed by atoms with Gasteiger partial charge in [-0.25, -0.2) is 0 Å². The van der Waals surface area contributed by atoms with E-state index in [4.69, 9.17) is 0 Å². The molecule has 0 aliphatic heterocycles. The Labute approximate surface area is 304 Å². The van der Waals surface area contributed by atoms with Crippen LogP contribution in [0.5, 0.6) is 0 Å². The fraction of sp³-hybridized carbons (Fsp3) is 0.167. The summed E-state index contributed by atoms with van der Waals surface area (Å²) in [6, 6.07) is 53.7. The van der Waals surface area contributed by atoms with Gasteiger partial charge in [0.05, 0.1) is 5.52 Å². The summed E-state index contributed by atoms with van der Waals surface area (Å²) >= 11 is 1.97. The van der Waals surface area contributed by atoms with Gasteiger partial charge in [-0.3, -0.25) is 0 Å². The molecule has 9 rings (SSSR count). The van der Waals surface area contributed by atoms with Crippen molar-refractivity contribution in [3.8, 4) is 44.5 Å². The van der Waals surface area contributed by atoms with Crippen LogP contribution < -0.4 is 0 Å². The lowest BCUT2D eigenvalue weighted by Gasteiger charge is -2.12. The number of rotatable bonds is 10. The molecule has 250 valence electrons. The molecule has 0 N–H and O–H groups in total. The van der Waals surface area contributed by atoms with Crippen molar-refractivity contribution in [1.29, 1.82) is 0 Å². The van der Waals surface area contributed by atoms with Crippen molar-refractivity contribution >= 4 is 53.6 Å². The van der Waals surface area contributed by atoms with Crippen LogP contribution >= 0.6 is 11.3 Å². The number of aromatic nitrogens is 2. The molecular formula is C48H42N2S. The Kier molecular flexibility index (Phi) is 8.30. The van der Waals surface area contributed by atoms with Crippen molar-refractivity contribution in [2.45, 2.75) is 52.6 Å². The predicted molar refractivity (Wildman–Crippen MR) is 222 cm³/mol. The van der Waals surface area contributed by atoms with E-state index in [1.807, 2.05) is 11.3 Å². The Morgan fingerprint density at radius 2 is 0.922 bits per heavy atom. The van der Waals surface area contributed by atoms with E-state index in [1.165, 1.54) is 99.6 Å². The third kappa shape index (κ3) is 5.57. The van der Waals surface area contributed by atoms with Gasteiger partial charge in [0.15, 0.2) is 0 Å². The maximum Gasteiger partial charge on any atom is 0.122 e. The van der Waals surface area contributed by atoms with Gasteiger partial charge < -0.3 is 9.13 Å². The first-order chi connectivity index (χ1) is 25.2.